The molecule has 0 heterocycles. The van der Waals surface area contributed by atoms with E-state index in [0.29, 0.717) is 0 Å². The summed E-state index contributed by atoms with van der Waals surface area (Å²) in [5.41, 5.74) is 0. The third-order valence-corrected chi connectivity index (χ3v) is 2.37. The van der Waals surface area contributed by atoms with Crippen molar-refractivity contribution >= 4 is 21.4 Å². The van der Waals surface area contributed by atoms with E-state index in [9.17, 15) is 33.5 Å². The van der Waals surface area contributed by atoms with E-state index in [1.54, 1.807) is 0 Å². The summed E-state index contributed by atoms with van der Waals surface area (Å²) in [4.78, 5) is 51.0. The van der Waals surface area contributed by atoms with Crippen molar-refractivity contribution in [1.82, 2.24) is 0 Å². The van der Waals surface area contributed by atoms with E-state index in [-0.39, 0.29) is 124 Å². The molecule has 18 heteroatoms. The number of carbonyl (C=O) groups excluding carboxylic acids is 1. The second-order valence-corrected chi connectivity index (χ2v) is 5.25. The largest absolute Gasteiger partial charge is 1.00 e. The zero-order chi connectivity index (χ0) is 14.6. The van der Waals surface area contributed by atoms with Crippen molar-refractivity contribution in [2.75, 3.05) is 13.2 Å². The molecule has 0 rings (SSSR count). The number of rotatable bonds is 8. The predicted octanol–water partition coefficient (Wildman–Crippen LogP) is -17.8. The monoisotopic (exact) mass is 416 g/mol. The third kappa shape index (κ3) is 25.8. The maximum absolute atomic E-state index is 10.9. The summed E-state index contributed by atoms with van der Waals surface area (Å²) in [6.07, 6.45) is -4.38. The quantitative estimate of drug-likeness (QED) is 0.278. The molecule has 0 aromatic heterocycles. The zero-order valence-corrected chi connectivity index (χ0v) is 22.8. The summed E-state index contributed by atoms with van der Waals surface area (Å²) in [6.45, 7) is -2.54. The maximum atomic E-state index is 10.9. The summed E-state index contributed by atoms with van der Waals surface area (Å²) in [5, 5.41) is 18.0. The van der Waals surface area contributed by atoms with E-state index in [0.717, 1.165) is 0 Å². The van der Waals surface area contributed by atoms with Gasteiger partial charge in [0.25, 0.3) is 0 Å². The molecule has 0 aliphatic heterocycles. The van der Waals surface area contributed by atoms with E-state index in [1.807, 2.05) is 0 Å². The van der Waals surface area contributed by atoms with Gasteiger partial charge in [0.2, 0.25) is 0 Å². The third-order valence-electron chi connectivity index (χ3n) is 1.46. The molecular formula is C5H10Na4O12P2. The van der Waals surface area contributed by atoms with Gasteiger partial charge in [0.15, 0.2) is 5.78 Å². The summed E-state index contributed by atoms with van der Waals surface area (Å²) in [7, 11) is -10.8. The number of carbonyl (C=O) groups is 1. The van der Waals surface area contributed by atoms with Gasteiger partial charge in [0.1, 0.15) is 18.8 Å². The summed E-state index contributed by atoms with van der Waals surface area (Å²) >= 11 is 0. The van der Waals surface area contributed by atoms with Crippen molar-refractivity contribution < 1.29 is 176 Å². The first-order valence-corrected chi connectivity index (χ1v) is 7.06. The summed E-state index contributed by atoms with van der Waals surface area (Å²) < 4.78 is 27.1. The van der Waals surface area contributed by atoms with Crippen LogP contribution < -0.4 is 138 Å². The fourth-order valence-corrected chi connectivity index (χ4v) is 1.32. The second-order valence-electron chi connectivity index (χ2n) is 2.94. The van der Waals surface area contributed by atoms with Crippen LogP contribution >= 0.6 is 15.6 Å². The molecule has 0 aliphatic carbocycles. The standard InChI is InChI=1S/C5H12O11P2.4Na.H2O/c6-3(1-15-17(9,10)11)5(8)4(7)2-16-18(12,13)14;;;;;/h3,5-6,8H,1-2H2,(H2,9,10,11)(H2,12,13,14);;;;;1H2/q;4*+1;/p-4/t3-,5-;;;;;/m1...../s1. The van der Waals surface area contributed by atoms with Crippen molar-refractivity contribution in [1.29, 1.82) is 0 Å². The molecular weight excluding hydrogens is 406 g/mol. The van der Waals surface area contributed by atoms with E-state index >= 15 is 0 Å². The summed E-state index contributed by atoms with van der Waals surface area (Å²) in [6, 6.07) is 0. The van der Waals surface area contributed by atoms with Crippen molar-refractivity contribution in [2.24, 2.45) is 0 Å². The van der Waals surface area contributed by atoms with Crippen molar-refractivity contribution in [3.63, 3.8) is 0 Å². The van der Waals surface area contributed by atoms with Gasteiger partial charge in [0.05, 0.1) is 22.3 Å². The Morgan fingerprint density at radius 1 is 0.913 bits per heavy atom. The molecule has 23 heavy (non-hydrogen) atoms. The Morgan fingerprint density at radius 2 is 1.26 bits per heavy atom. The minimum absolute atomic E-state index is 0. The van der Waals surface area contributed by atoms with Crippen LogP contribution in [0.15, 0.2) is 0 Å². The van der Waals surface area contributed by atoms with Crippen LogP contribution in [0, 0.1) is 0 Å². The second kappa shape index (κ2) is 19.1. The number of ketones is 1. The van der Waals surface area contributed by atoms with Crippen LogP contribution in [0.4, 0.5) is 0 Å². The molecule has 0 bridgehead atoms. The molecule has 116 valence electrons. The van der Waals surface area contributed by atoms with Crippen molar-refractivity contribution in [3.05, 3.63) is 0 Å². The number of hydrogen-bond donors (Lipinski definition) is 2. The maximum Gasteiger partial charge on any atom is 1.00 e. The molecule has 0 unspecified atom stereocenters. The molecule has 4 N–H and O–H groups in total. The van der Waals surface area contributed by atoms with Crippen LogP contribution in [-0.4, -0.2) is 46.9 Å². The number of Topliss-reactive ketones (excluding diaryl/α,β-unsaturated/α-hetero) is 1. The van der Waals surface area contributed by atoms with Crippen LogP contribution in [0.2, 0.25) is 0 Å². The Morgan fingerprint density at radius 3 is 1.57 bits per heavy atom. The number of phosphoric ester groups is 2. The Hall–Kier alpha value is 3.77. The smallest absolute Gasteiger partial charge is 0.790 e. The minimum atomic E-state index is -5.42. The first kappa shape index (κ1) is 41.2. The number of phosphoric acid groups is 2. The van der Waals surface area contributed by atoms with Crippen LogP contribution in [0.1, 0.15) is 0 Å². The van der Waals surface area contributed by atoms with Gasteiger partial charge in [-0.1, -0.05) is 0 Å². The average Bonchev–Trinajstić information content (AvgIpc) is 2.19. The Bertz CT molecular complexity index is 384. The van der Waals surface area contributed by atoms with Crippen LogP contribution in [0.3, 0.4) is 0 Å². The van der Waals surface area contributed by atoms with Crippen molar-refractivity contribution in [3.8, 4) is 0 Å². The number of aliphatic hydroxyl groups is 2. The fraction of sp³-hybridized carbons (Fsp3) is 0.800. The molecule has 0 aromatic carbocycles. The van der Waals surface area contributed by atoms with Gasteiger partial charge < -0.3 is 53.4 Å². The van der Waals surface area contributed by atoms with Crippen LogP contribution in [-0.2, 0) is 23.0 Å². The first-order chi connectivity index (χ1) is 7.92. The fourth-order valence-electron chi connectivity index (χ4n) is 0.701. The normalized spacial score (nSPS) is 12.8. The minimum Gasteiger partial charge on any atom is -0.790 e. The van der Waals surface area contributed by atoms with E-state index in [1.165, 1.54) is 0 Å². The van der Waals surface area contributed by atoms with E-state index in [4.69, 9.17) is 10.2 Å². The van der Waals surface area contributed by atoms with Gasteiger partial charge in [-0.25, -0.2) is 0 Å². The predicted molar refractivity (Wildman–Crippen MR) is 47.8 cm³/mol. The number of hydrogen-bond acceptors (Lipinski definition) is 11. The van der Waals surface area contributed by atoms with Gasteiger partial charge in [-0.05, 0) is 0 Å². The molecule has 0 saturated carbocycles. The van der Waals surface area contributed by atoms with Crippen LogP contribution in [0.5, 0.6) is 0 Å². The Balaban J connectivity index is -0.000000144. The molecule has 0 radical (unpaired) electrons. The van der Waals surface area contributed by atoms with Gasteiger partial charge in [-0.2, -0.15) is 0 Å². The average molecular weight is 416 g/mol. The molecule has 0 amide bonds. The SMILES string of the molecule is O.O=C(COP(=O)([O-])[O-])[C@H](O)[C@H](O)COP(=O)([O-])[O-].[Na+].[Na+].[Na+].[Na+]. The van der Waals surface area contributed by atoms with Crippen molar-refractivity contribution in [2.45, 2.75) is 12.2 Å². The topological polar surface area (TPSA) is 234 Å². The van der Waals surface area contributed by atoms with Gasteiger partial charge in [0, 0.05) is 0 Å². The molecule has 2 atom stereocenters. The number of aliphatic hydroxyl groups excluding tert-OH is 2. The Kier molecular flexibility index (Phi) is 34.2. The van der Waals surface area contributed by atoms with E-state index in [2.05, 4.69) is 9.05 Å². The van der Waals surface area contributed by atoms with E-state index < -0.39 is 46.9 Å². The molecule has 0 aliphatic rings. The van der Waals surface area contributed by atoms with Gasteiger partial charge >= 0.3 is 118 Å². The molecule has 0 spiro atoms. The molecule has 0 aromatic rings. The molecule has 0 fully saturated rings. The van der Waals surface area contributed by atoms with Gasteiger partial charge in [-0.15, -0.1) is 0 Å². The van der Waals surface area contributed by atoms with Gasteiger partial charge in [-0.3, -0.25) is 4.79 Å². The summed E-state index contributed by atoms with van der Waals surface area (Å²) in [5.74, 6) is -1.41. The Labute approximate surface area is 220 Å². The molecule has 0 saturated heterocycles. The molecule has 12 nitrogen and oxygen atoms in total. The van der Waals surface area contributed by atoms with Crippen LogP contribution in [0.25, 0.3) is 0 Å². The first-order valence-electron chi connectivity index (χ1n) is 4.14. The zero-order valence-electron chi connectivity index (χ0n) is 13.0.